The first kappa shape index (κ1) is 23.9. The van der Waals surface area contributed by atoms with Crippen LogP contribution in [0.15, 0.2) is 66.7 Å². The molecule has 1 saturated heterocycles. The minimum absolute atomic E-state index is 0.324. The van der Waals surface area contributed by atoms with E-state index in [0.717, 1.165) is 33.3 Å². The number of carbonyl (C=O) groups excluding carboxylic acids is 1. The van der Waals surface area contributed by atoms with Gasteiger partial charge in [-0.15, -0.1) is 0 Å². The Bertz CT molecular complexity index is 1410. The van der Waals surface area contributed by atoms with E-state index in [1.54, 1.807) is 4.90 Å². The highest BCUT2D eigenvalue weighted by Crippen LogP contribution is 2.40. The lowest BCUT2D eigenvalue weighted by atomic mass is 9.92. The first-order valence-corrected chi connectivity index (χ1v) is 12.7. The standard InChI is InChI=1S/C29H27ClN2O5/c1-18-2-7-22(8-3-18)37-29(33)32-13-12-23-24-16-20(30)6-11-25(24)31-27(23)28(32)19-4-9-21(10-5-19)36-17-26-34-14-15-35-26/h2-11,16,26,28,31H,12-15,17H2,1H3. The van der Waals surface area contributed by atoms with Crippen molar-refractivity contribution in [3.05, 3.63) is 94.1 Å². The number of nitrogens with one attached hydrogen (secondary N) is 1. The lowest BCUT2D eigenvalue weighted by molar-refractivity contribution is -0.0684. The van der Waals surface area contributed by atoms with Crippen LogP contribution in [0.25, 0.3) is 10.9 Å². The summed E-state index contributed by atoms with van der Waals surface area (Å²) in [4.78, 5) is 18.8. The van der Waals surface area contributed by atoms with Gasteiger partial charge in [-0.3, -0.25) is 4.90 Å². The smallest absolute Gasteiger partial charge is 0.416 e. The fourth-order valence-electron chi connectivity index (χ4n) is 4.98. The van der Waals surface area contributed by atoms with Gasteiger partial charge in [0.2, 0.25) is 0 Å². The molecule has 0 aliphatic carbocycles. The Kier molecular flexibility index (Phi) is 6.50. The number of ether oxygens (including phenoxy) is 4. The van der Waals surface area contributed by atoms with E-state index in [1.165, 1.54) is 0 Å². The second-order valence-corrected chi connectivity index (χ2v) is 9.72. The Labute approximate surface area is 219 Å². The SMILES string of the molecule is Cc1ccc(OC(=O)N2CCc3c([nH]c4ccc(Cl)cc34)C2c2ccc(OCC3OCCO3)cc2)cc1. The topological polar surface area (TPSA) is 73.0 Å². The van der Waals surface area contributed by atoms with Crippen LogP contribution in [-0.2, 0) is 15.9 Å². The van der Waals surface area contributed by atoms with Crippen molar-refractivity contribution in [2.45, 2.75) is 25.7 Å². The highest BCUT2D eigenvalue weighted by molar-refractivity contribution is 6.31. The van der Waals surface area contributed by atoms with Gasteiger partial charge in [-0.2, -0.15) is 0 Å². The third-order valence-corrected chi connectivity index (χ3v) is 7.06. The van der Waals surface area contributed by atoms with Crippen molar-refractivity contribution < 1.29 is 23.7 Å². The zero-order valence-electron chi connectivity index (χ0n) is 20.4. The Morgan fingerprint density at radius 1 is 1.03 bits per heavy atom. The molecule has 6 rings (SSSR count). The summed E-state index contributed by atoms with van der Waals surface area (Å²) in [5.74, 6) is 1.22. The van der Waals surface area contributed by atoms with E-state index in [9.17, 15) is 4.79 Å². The van der Waals surface area contributed by atoms with Crippen molar-refractivity contribution in [1.82, 2.24) is 9.88 Å². The summed E-state index contributed by atoms with van der Waals surface area (Å²) in [7, 11) is 0. The van der Waals surface area contributed by atoms with Gasteiger partial charge in [0.15, 0.2) is 6.29 Å². The molecular formula is C29H27ClN2O5. The van der Waals surface area contributed by atoms with Gasteiger partial charge in [0, 0.05) is 28.2 Å². The maximum atomic E-state index is 13.4. The summed E-state index contributed by atoms with van der Waals surface area (Å²) in [6.07, 6.45) is -0.0459. The number of fused-ring (bicyclic) bond motifs is 3. The lowest BCUT2D eigenvalue weighted by Gasteiger charge is -2.35. The van der Waals surface area contributed by atoms with E-state index in [-0.39, 0.29) is 12.3 Å². The summed E-state index contributed by atoms with van der Waals surface area (Å²) in [5.41, 5.74) is 5.17. The summed E-state index contributed by atoms with van der Waals surface area (Å²) in [5, 5.41) is 1.76. The Balaban J connectivity index is 1.32. The minimum Gasteiger partial charge on any atom is -0.488 e. The molecule has 3 heterocycles. The molecule has 1 aromatic heterocycles. The number of halogens is 1. The number of nitrogens with zero attached hydrogens (tertiary/aromatic N) is 1. The van der Waals surface area contributed by atoms with E-state index in [1.807, 2.05) is 73.7 Å². The second-order valence-electron chi connectivity index (χ2n) is 9.29. The van der Waals surface area contributed by atoms with Gasteiger partial charge in [-0.05, 0) is 66.9 Å². The summed E-state index contributed by atoms with van der Waals surface area (Å²) < 4.78 is 22.5. The molecule has 2 aliphatic heterocycles. The lowest BCUT2D eigenvalue weighted by Crippen LogP contribution is -2.42. The summed E-state index contributed by atoms with van der Waals surface area (Å²) in [6.45, 7) is 4.00. The minimum atomic E-state index is -0.396. The molecule has 0 saturated carbocycles. The van der Waals surface area contributed by atoms with Crippen LogP contribution in [0.4, 0.5) is 4.79 Å². The maximum Gasteiger partial charge on any atom is 0.416 e. The van der Waals surface area contributed by atoms with Crippen LogP contribution in [0.2, 0.25) is 5.02 Å². The van der Waals surface area contributed by atoms with Gasteiger partial charge >= 0.3 is 6.09 Å². The number of benzene rings is 3. The van der Waals surface area contributed by atoms with Gasteiger partial charge in [-0.1, -0.05) is 41.4 Å². The van der Waals surface area contributed by atoms with Crippen molar-refractivity contribution >= 4 is 28.6 Å². The number of carbonyl (C=O) groups is 1. The van der Waals surface area contributed by atoms with Crippen molar-refractivity contribution in [2.24, 2.45) is 0 Å². The van der Waals surface area contributed by atoms with Gasteiger partial charge < -0.3 is 23.9 Å². The predicted molar refractivity (Wildman–Crippen MR) is 140 cm³/mol. The molecule has 4 aromatic rings. The second kappa shape index (κ2) is 10.1. The fraction of sp³-hybridized carbons (Fsp3) is 0.276. The molecule has 1 N–H and O–H groups in total. The molecule has 0 spiro atoms. The zero-order chi connectivity index (χ0) is 25.4. The third kappa shape index (κ3) is 4.90. The normalized spacial score (nSPS) is 17.7. The van der Waals surface area contributed by atoms with Crippen molar-refractivity contribution in [3.8, 4) is 11.5 Å². The van der Waals surface area contributed by atoms with E-state index >= 15 is 0 Å². The highest BCUT2D eigenvalue weighted by atomic mass is 35.5. The predicted octanol–water partition coefficient (Wildman–Crippen LogP) is 6.03. The van der Waals surface area contributed by atoms with Gasteiger partial charge in [0.25, 0.3) is 0 Å². The van der Waals surface area contributed by atoms with E-state index in [4.69, 9.17) is 30.5 Å². The maximum absolute atomic E-state index is 13.4. The highest BCUT2D eigenvalue weighted by Gasteiger charge is 2.35. The van der Waals surface area contributed by atoms with E-state index in [0.29, 0.717) is 49.3 Å². The quantitative estimate of drug-likeness (QED) is 0.349. The number of aromatic amines is 1. The number of aromatic nitrogens is 1. The van der Waals surface area contributed by atoms with Crippen LogP contribution in [0, 0.1) is 6.92 Å². The number of hydrogen-bond donors (Lipinski definition) is 1. The largest absolute Gasteiger partial charge is 0.488 e. The molecule has 7 nitrogen and oxygen atoms in total. The van der Waals surface area contributed by atoms with Crippen LogP contribution in [-0.4, -0.2) is 48.6 Å². The van der Waals surface area contributed by atoms with Crippen LogP contribution < -0.4 is 9.47 Å². The molecule has 0 radical (unpaired) electrons. The average Bonchev–Trinajstić information content (AvgIpc) is 3.56. The van der Waals surface area contributed by atoms with E-state index < -0.39 is 6.09 Å². The zero-order valence-corrected chi connectivity index (χ0v) is 21.2. The molecule has 8 heteroatoms. The molecule has 37 heavy (non-hydrogen) atoms. The number of H-pyrrole nitrogens is 1. The molecule has 3 aromatic carbocycles. The number of rotatable bonds is 5. The first-order valence-electron chi connectivity index (χ1n) is 12.4. The molecule has 1 atom stereocenters. The molecule has 1 unspecified atom stereocenters. The fourth-order valence-corrected chi connectivity index (χ4v) is 5.16. The average molecular weight is 519 g/mol. The molecule has 0 bridgehead atoms. The van der Waals surface area contributed by atoms with Crippen LogP contribution in [0.3, 0.4) is 0 Å². The number of hydrogen-bond acceptors (Lipinski definition) is 5. The Morgan fingerprint density at radius 3 is 2.51 bits per heavy atom. The third-order valence-electron chi connectivity index (χ3n) is 6.82. The van der Waals surface area contributed by atoms with Crippen molar-refractivity contribution in [1.29, 1.82) is 0 Å². The van der Waals surface area contributed by atoms with Gasteiger partial charge in [0.1, 0.15) is 24.1 Å². The Hall–Kier alpha value is -3.52. The molecule has 1 amide bonds. The van der Waals surface area contributed by atoms with Crippen LogP contribution in [0.1, 0.15) is 28.4 Å². The first-order chi connectivity index (χ1) is 18.0. The Morgan fingerprint density at radius 2 is 1.76 bits per heavy atom. The molecule has 2 aliphatic rings. The monoisotopic (exact) mass is 518 g/mol. The van der Waals surface area contributed by atoms with Crippen LogP contribution in [0.5, 0.6) is 11.5 Å². The van der Waals surface area contributed by atoms with Gasteiger partial charge in [0.05, 0.1) is 13.2 Å². The molecular weight excluding hydrogens is 492 g/mol. The van der Waals surface area contributed by atoms with Crippen molar-refractivity contribution in [3.63, 3.8) is 0 Å². The molecule has 1 fully saturated rings. The number of amides is 1. The van der Waals surface area contributed by atoms with Crippen molar-refractivity contribution in [2.75, 3.05) is 26.4 Å². The summed E-state index contributed by atoms with van der Waals surface area (Å²) >= 11 is 6.32. The van der Waals surface area contributed by atoms with E-state index in [2.05, 4.69) is 4.98 Å². The summed E-state index contributed by atoms with van der Waals surface area (Å²) in [6, 6.07) is 20.7. The van der Waals surface area contributed by atoms with Crippen LogP contribution >= 0.6 is 11.6 Å². The number of aryl methyl sites for hydroxylation is 1. The van der Waals surface area contributed by atoms with Gasteiger partial charge in [-0.25, -0.2) is 4.79 Å². The molecule has 190 valence electrons.